The third-order valence-corrected chi connectivity index (χ3v) is 4.79. The highest BCUT2D eigenvalue weighted by molar-refractivity contribution is 7.19. The Morgan fingerprint density at radius 3 is 2.72 bits per heavy atom. The molecule has 1 aromatic carbocycles. The van der Waals surface area contributed by atoms with Crippen molar-refractivity contribution in [3.8, 4) is 0 Å². The van der Waals surface area contributed by atoms with E-state index in [0.29, 0.717) is 0 Å². The molecule has 2 heterocycles. The van der Waals surface area contributed by atoms with E-state index >= 15 is 0 Å². The number of nitrogen functional groups attached to an aromatic ring is 1. The average molecular weight is 261 g/mol. The number of nitrogens with zero attached hydrogens (tertiary/aromatic N) is 2. The van der Waals surface area contributed by atoms with Crippen LogP contribution in [0.15, 0.2) is 24.3 Å². The van der Waals surface area contributed by atoms with E-state index in [9.17, 15) is 0 Å². The first-order valence-electron chi connectivity index (χ1n) is 6.40. The van der Waals surface area contributed by atoms with Crippen LogP contribution in [0.3, 0.4) is 0 Å². The molecule has 0 radical (unpaired) electrons. The van der Waals surface area contributed by atoms with E-state index in [1.165, 1.54) is 41.1 Å². The van der Waals surface area contributed by atoms with Crippen molar-refractivity contribution in [2.75, 3.05) is 39.0 Å². The minimum absolute atomic E-state index is 0.905. The largest absolute Gasteiger partial charge is 0.398 e. The van der Waals surface area contributed by atoms with Crippen LogP contribution in [0.25, 0.3) is 10.1 Å². The first kappa shape index (κ1) is 12.0. The van der Waals surface area contributed by atoms with Gasteiger partial charge in [-0.05, 0) is 24.6 Å². The van der Waals surface area contributed by atoms with Crippen LogP contribution in [0.2, 0.25) is 0 Å². The van der Waals surface area contributed by atoms with E-state index in [0.717, 1.165) is 12.2 Å². The molecule has 0 bridgehead atoms. The molecule has 2 aromatic rings. The van der Waals surface area contributed by atoms with Gasteiger partial charge in [0.15, 0.2) is 0 Å². The molecule has 96 valence electrons. The van der Waals surface area contributed by atoms with Gasteiger partial charge < -0.3 is 10.6 Å². The van der Waals surface area contributed by atoms with Gasteiger partial charge in [0.1, 0.15) is 0 Å². The molecule has 0 unspecified atom stereocenters. The van der Waals surface area contributed by atoms with Gasteiger partial charge in [0.2, 0.25) is 0 Å². The molecule has 1 fully saturated rings. The lowest BCUT2D eigenvalue weighted by atomic mass is 10.2. The summed E-state index contributed by atoms with van der Waals surface area (Å²) in [5.41, 5.74) is 6.92. The molecular weight excluding hydrogens is 242 g/mol. The number of thiophene rings is 1. The third kappa shape index (κ3) is 2.36. The van der Waals surface area contributed by atoms with Gasteiger partial charge in [-0.1, -0.05) is 12.1 Å². The average Bonchev–Trinajstić information content (AvgIpc) is 2.76. The summed E-state index contributed by atoms with van der Waals surface area (Å²) in [6, 6.07) is 8.45. The quantitative estimate of drug-likeness (QED) is 0.842. The van der Waals surface area contributed by atoms with Crippen molar-refractivity contribution in [1.82, 2.24) is 9.80 Å². The van der Waals surface area contributed by atoms with Crippen LogP contribution in [0.1, 0.15) is 4.88 Å². The highest BCUT2D eigenvalue weighted by Crippen LogP contribution is 2.31. The Kier molecular flexibility index (Phi) is 3.24. The Labute approximate surface area is 112 Å². The van der Waals surface area contributed by atoms with Crippen molar-refractivity contribution >= 4 is 27.1 Å². The molecule has 18 heavy (non-hydrogen) atoms. The molecule has 3 nitrogen and oxygen atoms in total. The van der Waals surface area contributed by atoms with Crippen LogP contribution in [0, 0.1) is 0 Å². The lowest BCUT2D eigenvalue weighted by Crippen LogP contribution is -2.43. The number of nitrogens with two attached hydrogens (primary N) is 1. The highest BCUT2D eigenvalue weighted by Gasteiger charge is 2.15. The highest BCUT2D eigenvalue weighted by atomic mass is 32.1. The number of likely N-dealkylation sites (N-methyl/N-ethyl adjacent to an activating group) is 1. The molecule has 2 N–H and O–H groups in total. The maximum absolute atomic E-state index is 6.01. The topological polar surface area (TPSA) is 32.5 Å². The summed E-state index contributed by atoms with van der Waals surface area (Å²) in [4.78, 5) is 6.34. The molecule has 1 aliphatic rings. The van der Waals surface area contributed by atoms with E-state index in [2.05, 4.69) is 29.0 Å². The Bertz CT molecular complexity index is 541. The number of fused-ring (bicyclic) bond motifs is 1. The van der Waals surface area contributed by atoms with Crippen molar-refractivity contribution in [3.63, 3.8) is 0 Å². The molecule has 0 amide bonds. The molecule has 0 aliphatic carbocycles. The second kappa shape index (κ2) is 4.88. The van der Waals surface area contributed by atoms with Crippen molar-refractivity contribution < 1.29 is 0 Å². The molecular formula is C14H19N3S. The Morgan fingerprint density at radius 2 is 2.00 bits per heavy atom. The zero-order chi connectivity index (χ0) is 12.5. The van der Waals surface area contributed by atoms with Crippen LogP contribution in [0.5, 0.6) is 0 Å². The molecule has 0 spiro atoms. The van der Waals surface area contributed by atoms with Gasteiger partial charge in [-0.2, -0.15) is 0 Å². The smallest absolute Gasteiger partial charge is 0.0575 e. The number of rotatable bonds is 2. The first-order valence-corrected chi connectivity index (χ1v) is 7.22. The second-order valence-corrected chi connectivity index (χ2v) is 6.19. The maximum Gasteiger partial charge on any atom is 0.0575 e. The summed E-state index contributed by atoms with van der Waals surface area (Å²) in [5, 5.41) is 1.28. The van der Waals surface area contributed by atoms with E-state index in [1.54, 1.807) is 0 Å². The molecule has 1 saturated heterocycles. The molecule has 0 atom stereocenters. The molecule has 1 aliphatic heterocycles. The van der Waals surface area contributed by atoms with Gasteiger partial charge in [0.25, 0.3) is 0 Å². The van der Waals surface area contributed by atoms with Crippen LogP contribution >= 0.6 is 11.3 Å². The van der Waals surface area contributed by atoms with Gasteiger partial charge in [-0.3, -0.25) is 4.90 Å². The van der Waals surface area contributed by atoms with Crippen molar-refractivity contribution in [2.24, 2.45) is 0 Å². The summed E-state index contributed by atoms with van der Waals surface area (Å²) in [6.07, 6.45) is 0. The fourth-order valence-corrected chi connectivity index (χ4v) is 3.57. The van der Waals surface area contributed by atoms with Gasteiger partial charge in [-0.25, -0.2) is 0 Å². The van der Waals surface area contributed by atoms with Gasteiger partial charge in [0.05, 0.1) is 4.70 Å². The lowest BCUT2D eigenvalue weighted by molar-refractivity contribution is 0.149. The monoisotopic (exact) mass is 261 g/mol. The van der Waals surface area contributed by atoms with E-state index < -0.39 is 0 Å². The summed E-state index contributed by atoms with van der Waals surface area (Å²) in [6.45, 7) is 5.74. The third-order valence-electron chi connectivity index (χ3n) is 3.60. The molecule has 0 saturated carbocycles. The normalized spacial score (nSPS) is 18.5. The molecule has 4 heteroatoms. The predicted octanol–water partition coefficient (Wildman–Crippen LogP) is 2.23. The standard InChI is InChI=1S/C14H19N3S/c1-16-5-7-17(8-6-16)10-12-9-11-3-2-4-13(15)14(11)18-12/h2-4,9H,5-8,10,15H2,1H3. The Morgan fingerprint density at radius 1 is 1.22 bits per heavy atom. The first-order chi connectivity index (χ1) is 8.72. The van der Waals surface area contributed by atoms with Crippen LogP contribution < -0.4 is 5.73 Å². The molecule has 1 aromatic heterocycles. The summed E-state index contributed by atoms with van der Waals surface area (Å²) >= 11 is 1.84. The zero-order valence-corrected chi connectivity index (χ0v) is 11.5. The summed E-state index contributed by atoms with van der Waals surface area (Å²) in [5.74, 6) is 0. The zero-order valence-electron chi connectivity index (χ0n) is 10.7. The lowest BCUT2D eigenvalue weighted by Gasteiger charge is -2.31. The van der Waals surface area contributed by atoms with Gasteiger partial charge >= 0.3 is 0 Å². The molecule has 3 rings (SSSR count). The Balaban J connectivity index is 1.77. The van der Waals surface area contributed by atoms with Crippen LogP contribution in [-0.4, -0.2) is 43.0 Å². The van der Waals surface area contributed by atoms with E-state index in [-0.39, 0.29) is 0 Å². The number of piperazine rings is 1. The summed E-state index contributed by atoms with van der Waals surface area (Å²) < 4.78 is 1.24. The SMILES string of the molecule is CN1CCN(Cc2cc3cccc(N)c3s2)CC1. The van der Waals surface area contributed by atoms with Crippen molar-refractivity contribution in [1.29, 1.82) is 0 Å². The predicted molar refractivity (Wildman–Crippen MR) is 79.0 cm³/mol. The van der Waals surface area contributed by atoms with Crippen LogP contribution in [0.4, 0.5) is 5.69 Å². The van der Waals surface area contributed by atoms with E-state index in [1.807, 2.05) is 23.5 Å². The maximum atomic E-state index is 6.01. The van der Waals surface area contributed by atoms with Gasteiger partial charge in [0, 0.05) is 43.3 Å². The van der Waals surface area contributed by atoms with Crippen molar-refractivity contribution in [3.05, 3.63) is 29.1 Å². The van der Waals surface area contributed by atoms with Crippen LogP contribution in [-0.2, 0) is 6.54 Å². The van der Waals surface area contributed by atoms with Crippen molar-refractivity contribution in [2.45, 2.75) is 6.54 Å². The fourth-order valence-electron chi connectivity index (χ4n) is 2.44. The van der Waals surface area contributed by atoms with E-state index in [4.69, 9.17) is 5.73 Å². The fraction of sp³-hybridized carbons (Fsp3) is 0.429. The number of hydrogen-bond donors (Lipinski definition) is 1. The minimum atomic E-state index is 0.905. The number of hydrogen-bond acceptors (Lipinski definition) is 4. The van der Waals surface area contributed by atoms with Gasteiger partial charge in [-0.15, -0.1) is 11.3 Å². The number of anilines is 1. The summed E-state index contributed by atoms with van der Waals surface area (Å²) in [7, 11) is 2.19. The minimum Gasteiger partial charge on any atom is -0.398 e. The second-order valence-electron chi connectivity index (χ2n) is 5.06. The Hall–Kier alpha value is -1.10. The number of benzene rings is 1.